The molecular weight excluding hydrogens is 270 g/mol. The van der Waals surface area contributed by atoms with Crippen LogP contribution in [0, 0.1) is 20.8 Å². The SMILES string of the molecule is Cc1c(S)c(C)c(N=[N+]=[N-])c(C)c1CN1CCNCC1. The maximum atomic E-state index is 8.76. The van der Waals surface area contributed by atoms with Gasteiger partial charge in [0.15, 0.2) is 0 Å². The maximum absolute atomic E-state index is 8.76. The number of hydrogen-bond acceptors (Lipinski definition) is 4. The van der Waals surface area contributed by atoms with Gasteiger partial charge in [0.25, 0.3) is 0 Å². The third-order valence-corrected chi connectivity index (χ3v) is 4.73. The highest BCUT2D eigenvalue weighted by Crippen LogP contribution is 2.35. The van der Waals surface area contributed by atoms with Crippen LogP contribution in [-0.4, -0.2) is 31.1 Å². The van der Waals surface area contributed by atoms with Crippen molar-refractivity contribution in [2.45, 2.75) is 32.2 Å². The lowest BCUT2D eigenvalue weighted by Crippen LogP contribution is -2.43. The molecule has 0 bridgehead atoms. The van der Waals surface area contributed by atoms with Gasteiger partial charge in [0.2, 0.25) is 0 Å². The highest BCUT2D eigenvalue weighted by Gasteiger charge is 2.18. The first-order chi connectivity index (χ1) is 9.56. The molecule has 1 aliphatic heterocycles. The molecule has 1 aliphatic rings. The van der Waals surface area contributed by atoms with Crippen molar-refractivity contribution in [3.05, 3.63) is 32.7 Å². The molecule has 1 N–H and O–H groups in total. The molecule has 108 valence electrons. The average molecular weight is 291 g/mol. The Balaban J connectivity index is 2.43. The third-order valence-electron chi connectivity index (χ3n) is 4.06. The van der Waals surface area contributed by atoms with Crippen molar-refractivity contribution in [1.82, 2.24) is 10.2 Å². The predicted molar refractivity (Wildman–Crippen MR) is 84.9 cm³/mol. The van der Waals surface area contributed by atoms with Crippen molar-refractivity contribution in [2.75, 3.05) is 26.2 Å². The molecule has 0 amide bonds. The Bertz CT molecular complexity index is 557. The van der Waals surface area contributed by atoms with E-state index in [2.05, 4.69) is 39.8 Å². The molecule has 20 heavy (non-hydrogen) atoms. The highest BCUT2D eigenvalue weighted by molar-refractivity contribution is 7.80. The van der Waals surface area contributed by atoms with Gasteiger partial charge >= 0.3 is 0 Å². The van der Waals surface area contributed by atoms with Gasteiger partial charge in [-0.25, -0.2) is 0 Å². The second-order valence-corrected chi connectivity index (χ2v) is 5.71. The number of hydrogen-bond donors (Lipinski definition) is 2. The van der Waals surface area contributed by atoms with Crippen LogP contribution in [0.5, 0.6) is 0 Å². The molecule has 1 heterocycles. The van der Waals surface area contributed by atoms with Gasteiger partial charge in [0.1, 0.15) is 0 Å². The van der Waals surface area contributed by atoms with Gasteiger partial charge in [0.05, 0.1) is 0 Å². The summed E-state index contributed by atoms with van der Waals surface area (Å²) in [6.45, 7) is 11.1. The first-order valence-corrected chi connectivity index (χ1v) is 7.30. The molecule has 2 rings (SSSR count). The minimum absolute atomic E-state index is 0.730. The fourth-order valence-electron chi connectivity index (χ4n) is 2.77. The fraction of sp³-hybridized carbons (Fsp3) is 0.571. The molecule has 0 aliphatic carbocycles. The summed E-state index contributed by atoms with van der Waals surface area (Å²) in [6, 6.07) is 0. The van der Waals surface area contributed by atoms with Gasteiger partial charge in [0, 0.05) is 48.2 Å². The molecule has 0 atom stereocenters. The fourth-order valence-corrected chi connectivity index (χ4v) is 3.01. The number of benzene rings is 1. The number of nitrogens with zero attached hydrogens (tertiary/aromatic N) is 4. The van der Waals surface area contributed by atoms with Crippen LogP contribution < -0.4 is 5.32 Å². The van der Waals surface area contributed by atoms with Crippen LogP contribution in [-0.2, 0) is 6.54 Å². The van der Waals surface area contributed by atoms with Crippen molar-refractivity contribution in [1.29, 1.82) is 0 Å². The quantitative estimate of drug-likeness (QED) is 0.388. The summed E-state index contributed by atoms with van der Waals surface area (Å²) in [5.74, 6) is 0. The van der Waals surface area contributed by atoms with Crippen molar-refractivity contribution in [2.24, 2.45) is 5.11 Å². The van der Waals surface area contributed by atoms with Gasteiger partial charge < -0.3 is 5.32 Å². The van der Waals surface area contributed by atoms with E-state index in [-0.39, 0.29) is 0 Å². The summed E-state index contributed by atoms with van der Waals surface area (Å²) in [4.78, 5) is 6.31. The Morgan fingerprint density at radius 2 is 1.85 bits per heavy atom. The van der Waals surface area contributed by atoms with E-state index in [1.165, 1.54) is 11.1 Å². The summed E-state index contributed by atoms with van der Waals surface area (Å²) >= 11 is 4.59. The second kappa shape index (κ2) is 6.50. The summed E-state index contributed by atoms with van der Waals surface area (Å²) in [7, 11) is 0. The Kier molecular flexibility index (Phi) is 4.94. The first-order valence-electron chi connectivity index (χ1n) is 6.86. The van der Waals surface area contributed by atoms with E-state index in [1.54, 1.807) is 0 Å². The Hall–Kier alpha value is -1.20. The predicted octanol–water partition coefficient (Wildman–Crippen LogP) is 3.25. The number of thiol groups is 1. The highest BCUT2D eigenvalue weighted by atomic mass is 32.1. The maximum Gasteiger partial charge on any atom is 0.0448 e. The zero-order chi connectivity index (χ0) is 14.7. The van der Waals surface area contributed by atoms with Crippen LogP contribution in [0.15, 0.2) is 10.0 Å². The third kappa shape index (κ3) is 2.94. The van der Waals surface area contributed by atoms with Crippen LogP contribution in [0.1, 0.15) is 22.3 Å². The summed E-state index contributed by atoms with van der Waals surface area (Å²) in [5, 5.41) is 7.22. The van der Waals surface area contributed by atoms with E-state index >= 15 is 0 Å². The van der Waals surface area contributed by atoms with E-state index in [0.717, 1.165) is 54.4 Å². The lowest BCUT2D eigenvalue weighted by atomic mass is 9.96. The zero-order valence-electron chi connectivity index (χ0n) is 12.3. The minimum Gasteiger partial charge on any atom is -0.314 e. The molecule has 5 nitrogen and oxygen atoms in total. The van der Waals surface area contributed by atoms with Crippen molar-refractivity contribution >= 4 is 18.3 Å². The number of piperazine rings is 1. The van der Waals surface area contributed by atoms with Gasteiger partial charge in [-0.3, -0.25) is 4.90 Å². The molecule has 1 fully saturated rings. The van der Waals surface area contributed by atoms with Crippen molar-refractivity contribution in [3.8, 4) is 0 Å². The molecule has 0 spiro atoms. The monoisotopic (exact) mass is 291 g/mol. The van der Waals surface area contributed by atoms with Crippen LogP contribution in [0.3, 0.4) is 0 Å². The second-order valence-electron chi connectivity index (χ2n) is 5.27. The molecule has 0 saturated carbocycles. The largest absolute Gasteiger partial charge is 0.314 e. The minimum atomic E-state index is 0.730. The Labute approximate surface area is 125 Å². The summed E-state index contributed by atoms with van der Waals surface area (Å²) in [6.07, 6.45) is 0. The topological polar surface area (TPSA) is 64.0 Å². The Morgan fingerprint density at radius 3 is 2.45 bits per heavy atom. The molecule has 0 radical (unpaired) electrons. The van der Waals surface area contributed by atoms with Gasteiger partial charge in [-0.15, -0.1) is 12.6 Å². The van der Waals surface area contributed by atoms with Gasteiger partial charge in [-0.1, -0.05) is 5.11 Å². The molecule has 1 aromatic rings. The first kappa shape index (κ1) is 15.2. The van der Waals surface area contributed by atoms with Gasteiger partial charge in [-0.05, 0) is 48.6 Å². The van der Waals surface area contributed by atoms with Crippen molar-refractivity contribution in [3.63, 3.8) is 0 Å². The van der Waals surface area contributed by atoms with E-state index in [9.17, 15) is 0 Å². The molecule has 6 heteroatoms. The summed E-state index contributed by atoms with van der Waals surface area (Å²) < 4.78 is 0. The molecular formula is C14H21N5S. The molecule has 0 aromatic heterocycles. The van der Waals surface area contributed by atoms with E-state index in [1.807, 2.05) is 13.8 Å². The van der Waals surface area contributed by atoms with Crippen LogP contribution >= 0.6 is 12.6 Å². The summed E-state index contributed by atoms with van der Waals surface area (Å²) in [5.41, 5.74) is 14.0. The average Bonchev–Trinajstić information content (AvgIpc) is 2.47. The van der Waals surface area contributed by atoms with Gasteiger partial charge in [-0.2, -0.15) is 0 Å². The molecule has 0 unspecified atom stereocenters. The number of nitrogens with one attached hydrogen (secondary N) is 1. The normalized spacial score (nSPS) is 16.0. The lowest BCUT2D eigenvalue weighted by molar-refractivity contribution is 0.232. The van der Waals surface area contributed by atoms with E-state index in [4.69, 9.17) is 5.53 Å². The van der Waals surface area contributed by atoms with Crippen LogP contribution in [0.25, 0.3) is 10.4 Å². The number of rotatable bonds is 3. The molecule has 1 saturated heterocycles. The van der Waals surface area contributed by atoms with Crippen LogP contribution in [0.2, 0.25) is 0 Å². The zero-order valence-corrected chi connectivity index (χ0v) is 13.2. The van der Waals surface area contributed by atoms with Crippen molar-refractivity contribution < 1.29 is 0 Å². The standard InChI is InChI=1S/C14H21N5S/c1-9-12(8-19-6-4-16-5-7-19)10(2)14(20)11(3)13(9)17-18-15/h16,20H,4-8H2,1-3H3. The molecule has 1 aromatic carbocycles. The smallest absolute Gasteiger partial charge is 0.0448 e. The van der Waals surface area contributed by atoms with E-state index < -0.39 is 0 Å². The lowest BCUT2D eigenvalue weighted by Gasteiger charge is -2.29. The Morgan fingerprint density at radius 1 is 1.20 bits per heavy atom. The van der Waals surface area contributed by atoms with Crippen LogP contribution in [0.4, 0.5) is 5.69 Å². The number of azide groups is 1. The van der Waals surface area contributed by atoms with E-state index in [0.29, 0.717) is 0 Å².